The van der Waals surface area contributed by atoms with Gasteiger partial charge in [-0.25, -0.2) is 0 Å². The van der Waals surface area contributed by atoms with Crippen LogP contribution in [-0.4, -0.2) is 43.1 Å². The Balaban J connectivity index is 0.00000256. The van der Waals surface area contributed by atoms with E-state index in [4.69, 9.17) is 4.74 Å². The molecule has 30 heavy (non-hydrogen) atoms. The van der Waals surface area contributed by atoms with Crippen molar-refractivity contribution in [2.75, 3.05) is 25.5 Å². The van der Waals surface area contributed by atoms with Gasteiger partial charge in [0.2, 0.25) is 0 Å². The van der Waals surface area contributed by atoms with Crippen LogP contribution in [0.3, 0.4) is 0 Å². The normalized spacial score (nSPS) is 18.4. The second-order valence-corrected chi connectivity index (χ2v) is 7.53. The quantitative estimate of drug-likeness (QED) is 0.368. The summed E-state index contributed by atoms with van der Waals surface area (Å²) in [6.07, 6.45) is 2.45. The molecule has 4 rings (SSSR count). The summed E-state index contributed by atoms with van der Waals surface area (Å²) in [6, 6.07) is 16.5. The second-order valence-electron chi connectivity index (χ2n) is 7.53. The number of guanidine groups is 1. The summed E-state index contributed by atoms with van der Waals surface area (Å²) in [4.78, 5) is 19.0. The summed E-state index contributed by atoms with van der Waals surface area (Å²) >= 11 is 0. The number of aliphatic imine (C=N–C) groups is 1. The van der Waals surface area contributed by atoms with E-state index in [0.717, 1.165) is 49.6 Å². The van der Waals surface area contributed by atoms with Crippen LogP contribution in [0.4, 0.5) is 5.69 Å². The van der Waals surface area contributed by atoms with Gasteiger partial charge in [0.1, 0.15) is 6.10 Å². The number of hydrogen-bond acceptors (Lipinski definition) is 3. The fraction of sp³-hybridized carbons (Fsp3) is 0.391. The lowest BCUT2D eigenvalue weighted by Gasteiger charge is -2.31. The Morgan fingerprint density at radius 3 is 2.80 bits per heavy atom. The van der Waals surface area contributed by atoms with E-state index in [0.29, 0.717) is 13.2 Å². The molecule has 1 saturated heterocycles. The molecule has 2 aliphatic heterocycles. The average molecular weight is 520 g/mol. The van der Waals surface area contributed by atoms with Gasteiger partial charge in [-0.2, -0.15) is 0 Å². The van der Waals surface area contributed by atoms with Crippen molar-refractivity contribution >= 4 is 41.5 Å². The molecule has 2 N–H and O–H groups in total. The van der Waals surface area contributed by atoms with Gasteiger partial charge in [-0.3, -0.25) is 9.79 Å². The van der Waals surface area contributed by atoms with Crippen LogP contribution in [0.2, 0.25) is 0 Å². The summed E-state index contributed by atoms with van der Waals surface area (Å²) in [6.45, 7) is 3.14. The summed E-state index contributed by atoms with van der Waals surface area (Å²) < 4.78 is 5.46. The Morgan fingerprint density at radius 2 is 2.03 bits per heavy atom. The van der Waals surface area contributed by atoms with Crippen LogP contribution in [0.1, 0.15) is 29.5 Å². The van der Waals surface area contributed by atoms with Crippen molar-refractivity contribution in [3.8, 4) is 0 Å². The van der Waals surface area contributed by atoms with Gasteiger partial charge < -0.3 is 20.3 Å². The lowest BCUT2D eigenvalue weighted by Crippen LogP contribution is -2.43. The smallest absolute Gasteiger partial charge is 0.253 e. The number of hydrogen-bond donors (Lipinski definition) is 2. The van der Waals surface area contributed by atoms with E-state index in [1.807, 2.05) is 31.3 Å². The molecule has 2 aromatic rings. The maximum Gasteiger partial charge on any atom is 0.253 e. The second kappa shape index (κ2) is 10.8. The third-order valence-electron chi connectivity index (χ3n) is 5.51. The van der Waals surface area contributed by atoms with Crippen LogP contribution >= 0.6 is 24.0 Å². The average Bonchev–Trinajstić information content (AvgIpc) is 3.29. The van der Waals surface area contributed by atoms with Crippen molar-refractivity contribution in [3.63, 3.8) is 0 Å². The van der Waals surface area contributed by atoms with Gasteiger partial charge in [0.15, 0.2) is 5.96 Å². The molecule has 1 atom stereocenters. The van der Waals surface area contributed by atoms with Gasteiger partial charge in [-0.05, 0) is 48.1 Å². The lowest BCUT2D eigenvalue weighted by molar-refractivity contribution is -0.124. The van der Waals surface area contributed by atoms with Crippen LogP contribution in [0.5, 0.6) is 0 Å². The number of nitrogens with one attached hydrogen (secondary N) is 2. The number of anilines is 1. The number of halogens is 1. The van der Waals surface area contributed by atoms with Gasteiger partial charge in [0.25, 0.3) is 5.91 Å². The maximum absolute atomic E-state index is 12.3. The number of fused-ring (bicyclic) bond motifs is 1. The summed E-state index contributed by atoms with van der Waals surface area (Å²) in [5, 5.41) is 6.43. The number of nitrogens with zero attached hydrogens (tertiary/aromatic N) is 2. The maximum atomic E-state index is 12.3. The van der Waals surface area contributed by atoms with Crippen molar-refractivity contribution in [2.24, 2.45) is 4.99 Å². The molecule has 160 valence electrons. The number of carbonyl (C=O) groups is 1. The molecule has 0 saturated carbocycles. The third kappa shape index (κ3) is 5.51. The zero-order valence-electron chi connectivity index (χ0n) is 17.3. The van der Waals surface area contributed by atoms with Crippen LogP contribution in [0.25, 0.3) is 0 Å². The van der Waals surface area contributed by atoms with E-state index in [2.05, 4.69) is 44.8 Å². The van der Waals surface area contributed by atoms with E-state index < -0.39 is 0 Å². The van der Waals surface area contributed by atoms with Gasteiger partial charge in [-0.15, -0.1) is 24.0 Å². The minimum atomic E-state index is -0.322. The molecule has 6 nitrogen and oxygen atoms in total. The van der Waals surface area contributed by atoms with Gasteiger partial charge >= 0.3 is 0 Å². The SMILES string of the molecule is CN=C(NCc1cccc(NC(=O)C2CCCO2)c1)N1CCc2ccccc2C1.I. The summed E-state index contributed by atoms with van der Waals surface area (Å²) in [5.74, 6) is 0.837. The fourth-order valence-corrected chi connectivity index (χ4v) is 3.96. The molecule has 0 radical (unpaired) electrons. The molecule has 0 aliphatic carbocycles. The summed E-state index contributed by atoms with van der Waals surface area (Å²) in [5.41, 5.74) is 4.68. The van der Waals surface area contributed by atoms with Crippen molar-refractivity contribution < 1.29 is 9.53 Å². The Hall–Kier alpha value is -2.13. The molecule has 1 unspecified atom stereocenters. The van der Waals surface area contributed by atoms with E-state index in [9.17, 15) is 4.79 Å². The van der Waals surface area contributed by atoms with Crippen LogP contribution in [-0.2, 0) is 29.0 Å². The first kappa shape index (κ1) is 22.6. The monoisotopic (exact) mass is 520 g/mol. The Bertz CT molecular complexity index is 896. The molecule has 0 spiro atoms. The molecule has 1 amide bonds. The molecule has 7 heteroatoms. The predicted molar refractivity (Wildman–Crippen MR) is 130 cm³/mol. The first-order chi connectivity index (χ1) is 14.2. The Kier molecular flexibility index (Phi) is 8.09. The highest BCUT2D eigenvalue weighted by Crippen LogP contribution is 2.19. The minimum Gasteiger partial charge on any atom is -0.368 e. The number of ether oxygens (including phenoxy) is 1. The third-order valence-corrected chi connectivity index (χ3v) is 5.51. The van der Waals surface area contributed by atoms with Crippen molar-refractivity contribution in [1.82, 2.24) is 10.2 Å². The Morgan fingerprint density at radius 1 is 1.20 bits per heavy atom. The topological polar surface area (TPSA) is 66.0 Å². The van der Waals surface area contributed by atoms with Gasteiger partial charge in [0, 0.05) is 39.0 Å². The molecule has 2 aromatic carbocycles. The first-order valence-corrected chi connectivity index (χ1v) is 10.3. The number of amides is 1. The highest BCUT2D eigenvalue weighted by Gasteiger charge is 2.23. The van der Waals surface area contributed by atoms with Crippen LogP contribution < -0.4 is 10.6 Å². The van der Waals surface area contributed by atoms with E-state index >= 15 is 0 Å². The number of benzene rings is 2. The summed E-state index contributed by atoms with van der Waals surface area (Å²) in [7, 11) is 1.82. The fourth-order valence-electron chi connectivity index (χ4n) is 3.96. The lowest BCUT2D eigenvalue weighted by atomic mass is 10.0. The Labute approximate surface area is 195 Å². The molecular weight excluding hydrogens is 491 g/mol. The van der Waals surface area contributed by atoms with E-state index in [1.165, 1.54) is 11.1 Å². The number of rotatable bonds is 4. The number of carbonyl (C=O) groups excluding carboxylic acids is 1. The molecule has 2 heterocycles. The highest BCUT2D eigenvalue weighted by atomic mass is 127. The zero-order chi connectivity index (χ0) is 20.1. The van der Waals surface area contributed by atoms with E-state index in [-0.39, 0.29) is 36.0 Å². The van der Waals surface area contributed by atoms with Crippen molar-refractivity contribution in [2.45, 2.75) is 38.5 Å². The van der Waals surface area contributed by atoms with Gasteiger partial charge in [-0.1, -0.05) is 36.4 Å². The van der Waals surface area contributed by atoms with Crippen LogP contribution in [0, 0.1) is 0 Å². The van der Waals surface area contributed by atoms with Gasteiger partial charge in [0.05, 0.1) is 0 Å². The molecule has 0 aromatic heterocycles. The molecular formula is C23H29IN4O2. The largest absolute Gasteiger partial charge is 0.368 e. The minimum absolute atomic E-state index is 0. The highest BCUT2D eigenvalue weighted by molar-refractivity contribution is 14.0. The van der Waals surface area contributed by atoms with Crippen molar-refractivity contribution in [1.29, 1.82) is 0 Å². The standard InChI is InChI=1S/C23H28N4O2.HI/c1-24-23(27-12-11-18-7-2-3-8-19(18)16-27)25-15-17-6-4-9-20(14-17)26-22(28)21-10-5-13-29-21;/h2-4,6-9,14,21H,5,10-13,15-16H2,1H3,(H,24,25)(H,26,28);1H. The molecule has 2 aliphatic rings. The first-order valence-electron chi connectivity index (χ1n) is 10.3. The zero-order valence-corrected chi connectivity index (χ0v) is 19.6. The molecule has 0 bridgehead atoms. The molecule has 1 fully saturated rings. The van der Waals surface area contributed by atoms with Crippen molar-refractivity contribution in [3.05, 3.63) is 65.2 Å². The van der Waals surface area contributed by atoms with Crippen LogP contribution in [0.15, 0.2) is 53.5 Å². The predicted octanol–water partition coefficient (Wildman–Crippen LogP) is 3.56. The van der Waals surface area contributed by atoms with E-state index in [1.54, 1.807) is 0 Å².